The largest absolute Gasteiger partial charge is 0.448 e. The number of rotatable bonds is 6. The SMILES string of the molecule is O=C(OCC1c2ccccc2-c2ccccc21)N(CCO)Cc1ccccc1. The molecule has 0 radical (unpaired) electrons. The fourth-order valence-corrected chi connectivity index (χ4v) is 3.84. The predicted molar refractivity (Wildman–Crippen MR) is 109 cm³/mol. The van der Waals surface area contributed by atoms with Gasteiger partial charge in [0.1, 0.15) is 6.61 Å². The van der Waals surface area contributed by atoms with Crippen molar-refractivity contribution in [2.24, 2.45) is 0 Å². The van der Waals surface area contributed by atoms with Gasteiger partial charge in [-0.15, -0.1) is 0 Å². The normalized spacial score (nSPS) is 12.3. The second kappa shape index (κ2) is 8.28. The van der Waals surface area contributed by atoms with Crippen LogP contribution in [-0.4, -0.2) is 35.9 Å². The van der Waals surface area contributed by atoms with Crippen molar-refractivity contribution in [2.75, 3.05) is 19.8 Å². The first-order valence-electron chi connectivity index (χ1n) is 9.52. The molecule has 0 aliphatic heterocycles. The van der Waals surface area contributed by atoms with Gasteiger partial charge in [-0.05, 0) is 27.8 Å². The number of nitrogens with zero attached hydrogens (tertiary/aromatic N) is 1. The molecule has 0 aromatic heterocycles. The van der Waals surface area contributed by atoms with Crippen LogP contribution in [0.25, 0.3) is 11.1 Å². The molecule has 3 aromatic carbocycles. The van der Waals surface area contributed by atoms with Crippen molar-refractivity contribution in [1.82, 2.24) is 4.90 Å². The van der Waals surface area contributed by atoms with E-state index in [4.69, 9.17) is 4.74 Å². The molecule has 0 saturated carbocycles. The Morgan fingerprint density at radius 2 is 1.43 bits per heavy atom. The Kier molecular flexibility index (Phi) is 5.40. The zero-order valence-electron chi connectivity index (χ0n) is 15.6. The highest BCUT2D eigenvalue weighted by Gasteiger charge is 2.29. The lowest BCUT2D eigenvalue weighted by Gasteiger charge is -2.23. The molecular weight excluding hydrogens is 350 g/mol. The topological polar surface area (TPSA) is 49.8 Å². The van der Waals surface area contributed by atoms with Crippen molar-refractivity contribution >= 4 is 6.09 Å². The smallest absolute Gasteiger partial charge is 0.410 e. The van der Waals surface area contributed by atoms with Gasteiger partial charge in [0.05, 0.1) is 6.61 Å². The number of fused-ring (bicyclic) bond motifs is 3. The van der Waals surface area contributed by atoms with Crippen molar-refractivity contribution in [3.8, 4) is 11.1 Å². The Hall–Kier alpha value is -3.11. The van der Waals surface area contributed by atoms with Gasteiger partial charge < -0.3 is 14.7 Å². The van der Waals surface area contributed by atoms with Gasteiger partial charge in [0.25, 0.3) is 0 Å². The number of hydrogen-bond donors (Lipinski definition) is 1. The predicted octanol–water partition coefficient (Wildman–Crippen LogP) is 4.43. The zero-order chi connectivity index (χ0) is 19.3. The van der Waals surface area contributed by atoms with E-state index in [1.54, 1.807) is 4.90 Å². The van der Waals surface area contributed by atoms with Gasteiger partial charge in [-0.2, -0.15) is 0 Å². The second-order valence-corrected chi connectivity index (χ2v) is 6.93. The molecule has 0 heterocycles. The van der Waals surface area contributed by atoms with Crippen molar-refractivity contribution in [3.63, 3.8) is 0 Å². The average molecular weight is 373 g/mol. The standard InChI is InChI=1S/C24H23NO3/c26-15-14-25(16-18-8-2-1-3-9-18)24(27)28-17-23-21-12-6-4-10-19(21)20-11-5-7-13-22(20)23/h1-13,23,26H,14-17H2. The number of hydrogen-bond acceptors (Lipinski definition) is 3. The van der Waals surface area contributed by atoms with Crippen LogP contribution in [0.5, 0.6) is 0 Å². The van der Waals surface area contributed by atoms with Crippen LogP contribution in [-0.2, 0) is 11.3 Å². The van der Waals surface area contributed by atoms with E-state index in [9.17, 15) is 9.90 Å². The van der Waals surface area contributed by atoms with Gasteiger partial charge in [0.15, 0.2) is 0 Å². The van der Waals surface area contributed by atoms with Crippen molar-refractivity contribution in [1.29, 1.82) is 0 Å². The molecule has 0 atom stereocenters. The minimum Gasteiger partial charge on any atom is -0.448 e. The van der Waals surface area contributed by atoms with Gasteiger partial charge in [-0.1, -0.05) is 78.9 Å². The highest BCUT2D eigenvalue weighted by molar-refractivity contribution is 5.79. The van der Waals surface area contributed by atoms with E-state index in [0.717, 1.165) is 5.56 Å². The van der Waals surface area contributed by atoms with Crippen LogP contribution in [0, 0.1) is 0 Å². The lowest BCUT2D eigenvalue weighted by atomic mass is 9.98. The third kappa shape index (κ3) is 3.64. The number of ether oxygens (including phenoxy) is 1. The van der Waals surface area contributed by atoms with E-state index in [1.807, 2.05) is 54.6 Å². The molecule has 4 nitrogen and oxygen atoms in total. The molecule has 28 heavy (non-hydrogen) atoms. The lowest BCUT2D eigenvalue weighted by molar-refractivity contribution is 0.0892. The highest BCUT2D eigenvalue weighted by Crippen LogP contribution is 2.44. The first-order valence-corrected chi connectivity index (χ1v) is 9.52. The monoisotopic (exact) mass is 373 g/mol. The number of aliphatic hydroxyl groups excluding tert-OH is 1. The first-order chi connectivity index (χ1) is 13.8. The molecule has 4 rings (SSSR count). The Morgan fingerprint density at radius 1 is 0.857 bits per heavy atom. The van der Waals surface area contributed by atoms with E-state index >= 15 is 0 Å². The van der Waals surface area contributed by atoms with Crippen LogP contribution in [0.1, 0.15) is 22.6 Å². The summed E-state index contributed by atoms with van der Waals surface area (Å²) in [6.45, 7) is 0.838. The summed E-state index contributed by atoms with van der Waals surface area (Å²) in [5.41, 5.74) is 5.79. The van der Waals surface area contributed by atoms with E-state index in [1.165, 1.54) is 22.3 Å². The molecule has 1 N–H and O–H groups in total. The molecule has 1 amide bonds. The Labute approximate surface area is 165 Å². The van der Waals surface area contributed by atoms with Gasteiger partial charge in [0, 0.05) is 19.0 Å². The fraction of sp³-hybridized carbons (Fsp3) is 0.208. The summed E-state index contributed by atoms with van der Waals surface area (Å²) in [6.07, 6.45) is -0.403. The summed E-state index contributed by atoms with van der Waals surface area (Å²) in [6, 6.07) is 26.3. The molecule has 3 aromatic rings. The third-order valence-corrected chi connectivity index (χ3v) is 5.18. The van der Waals surface area contributed by atoms with Gasteiger partial charge in [0.2, 0.25) is 0 Å². The molecule has 0 saturated heterocycles. The number of aliphatic hydroxyl groups is 1. The molecule has 0 unspecified atom stereocenters. The Morgan fingerprint density at radius 3 is 2.04 bits per heavy atom. The van der Waals surface area contributed by atoms with Crippen LogP contribution >= 0.6 is 0 Å². The van der Waals surface area contributed by atoms with E-state index in [2.05, 4.69) is 24.3 Å². The van der Waals surface area contributed by atoms with E-state index in [-0.39, 0.29) is 25.7 Å². The highest BCUT2D eigenvalue weighted by atomic mass is 16.6. The van der Waals surface area contributed by atoms with Crippen LogP contribution < -0.4 is 0 Å². The van der Waals surface area contributed by atoms with Crippen molar-refractivity contribution < 1.29 is 14.6 Å². The first kappa shape index (κ1) is 18.3. The Bertz CT molecular complexity index is 909. The molecule has 142 valence electrons. The summed E-state index contributed by atoms with van der Waals surface area (Å²) in [7, 11) is 0. The summed E-state index contributed by atoms with van der Waals surface area (Å²) >= 11 is 0. The number of carbonyl (C=O) groups excluding carboxylic acids is 1. The second-order valence-electron chi connectivity index (χ2n) is 6.93. The molecule has 1 aliphatic rings. The summed E-state index contributed by atoms with van der Waals surface area (Å²) in [5.74, 6) is 0.0315. The minimum absolute atomic E-state index is 0.0315. The van der Waals surface area contributed by atoms with E-state index < -0.39 is 6.09 Å². The quantitative estimate of drug-likeness (QED) is 0.695. The molecule has 4 heteroatoms. The van der Waals surface area contributed by atoms with Crippen LogP contribution in [0.3, 0.4) is 0 Å². The maximum atomic E-state index is 12.7. The van der Waals surface area contributed by atoms with Crippen LogP contribution in [0.15, 0.2) is 78.9 Å². The molecular formula is C24H23NO3. The molecule has 0 fully saturated rings. The lowest BCUT2D eigenvalue weighted by Crippen LogP contribution is -2.34. The fourth-order valence-electron chi connectivity index (χ4n) is 3.84. The van der Waals surface area contributed by atoms with E-state index in [0.29, 0.717) is 6.54 Å². The summed E-state index contributed by atoms with van der Waals surface area (Å²) in [4.78, 5) is 14.3. The number of benzene rings is 3. The van der Waals surface area contributed by atoms with Gasteiger partial charge in [-0.3, -0.25) is 0 Å². The maximum absolute atomic E-state index is 12.7. The Balaban J connectivity index is 1.49. The van der Waals surface area contributed by atoms with Crippen LogP contribution in [0.4, 0.5) is 4.79 Å². The molecule has 0 bridgehead atoms. The van der Waals surface area contributed by atoms with Crippen molar-refractivity contribution in [3.05, 3.63) is 95.6 Å². The number of amides is 1. The summed E-state index contributed by atoms with van der Waals surface area (Å²) in [5, 5.41) is 9.35. The summed E-state index contributed by atoms with van der Waals surface area (Å²) < 4.78 is 5.70. The minimum atomic E-state index is -0.403. The maximum Gasteiger partial charge on any atom is 0.410 e. The molecule has 0 spiro atoms. The van der Waals surface area contributed by atoms with Gasteiger partial charge in [-0.25, -0.2) is 4.79 Å². The van der Waals surface area contributed by atoms with Crippen LogP contribution in [0.2, 0.25) is 0 Å². The van der Waals surface area contributed by atoms with Crippen molar-refractivity contribution in [2.45, 2.75) is 12.5 Å². The zero-order valence-corrected chi connectivity index (χ0v) is 15.6. The third-order valence-electron chi connectivity index (χ3n) is 5.18. The molecule has 1 aliphatic carbocycles. The average Bonchev–Trinajstić information content (AvgIpc) is 3.06. The number of carbonyl (C=O) groups is 1. The van der Waals surface area contributed by atoms with Gasteiger partial charge >= 0.3 is 6.09 Å².